The second-order valence-corrected chi connectivity index (χ2v) is 2.18. The SMILES string of the molecule is COc1cc(F)c(C#N)c(F)c1F. The molecule has 0 radical (unpaired) electrons. The molecular formula is C8H4F3NO. The van der Waals surface area contributed by atoms with Gasteiger partial charge in [-0.3, -0.25) is 0 Å². The predicted octanol–water partition coefficient (Wildman–Crippen LogP) is 1.98. The monoisotopic (exact) mass is 187 g/mol. The summed E-state index contributed by atoms with van der Waals surface area (Å²) in [7, 11) is 1.07. The van der Waals surface area contributed by atoms with E-state index in [1.807, 2.05) is 0 Å². The van der Waals surface area contributed by atoms with Crippen LogP contribution in [0.4, 0.5) is 13.2 Å². The Morgan fingerprint density at radius 3 is 2.38 bits per heavy atom. The molecule has 1 rings (SSSR count). The molecule has 0 saturated heterocycles. The van der Waals surface area contributed by atoms with E-state index in [4.69, 9.17) is 5.26 Å². The van der Waals surface area contributed by atoms with E-state index in [0.717, 1.165) is 7.11 Å². The summed E-state index contributed by atoms with van der Waals surface area (Å²) >= 11 is 0. The van der Waals surface area contributed by atoms with Crippen molar-refractivity contribution in [3.8, 4) is 11.8 Å². The highest BCUT2D eigenvalue weighted by atomic mass is 19.2. The van der Waals surface area contributed by atoms with Gasteiger partial charge in [-0.25, -0.2) is 8.78 Å². The van der Waals surface area contributed by atoms with Crippen molar-refractivity contribution in [1.29, 1.82) is 5.26 Å². The number of methoxy groups -OCH3 is 1. The normalized spacial score (nSPS) is 9.46. The van der Waals surface area contributed by atoms with Crippen LogP contribution in [0.3, 0.4) is 0 Å². The molecular weight excluding hydrogens is 183 g/mol. The molecule has 68 valence electrons. The van der Waals surface area contributed by atoms with Crippen LogP contribution in [0.1, 0.15) is 5.56 Å². The Hall–Kier alpha value is -1.70. The van der Waals surface area contributed by atoms with Gasteiger partial charge in [0.15, 0.2) is 11.6 Å². The molecule has 0 saturated carbocycles. The summed E-state index contributed by atoms with van der Waals surface area (Å²) in [6, 6.07) is 1.83. The van der Waals surface area contributed by atoms with E-state index >= 15 is 0 Å². The maximum Gasteiger partial charge on any atom is 0.202 e. The molecule has 5 heteroatoms. The maximum absolute atomic E-state index is 12.8. The predicted molar refractivity (Wildman–Crippen MR) is 37.6 cm³/mol. The molecule has 1 aromatic rings. The highest BCUT2D eigenvalue weighted by molar-refractivity contribution is 5.39. The number of nitriles is 1. The molecule has 0 aliphatic carbocycles. The largest absolute Gasteiger partial charge is 0.493 e. The zero-order valence-corrected chi connectivity index (χ0v) is 6.57. The first-order valence-corrected chi connectivity index (χ1v) is 3.23. The fourth-order valence-corrected chi connectivity index (χ4v) is 0.824. The third-order valence-electron chi connectivity index (χ3n) is 1.46. The van der Waals surface area contributed by atoms with Crippen LogP contribution in [-0.4, -0.2) is 7.11 Å². The lowest BCUT2D eigenvalue weighted by Crippen LogP contribution is -1.98. The van der Waals surface area contributed by atoms with Crippen LogP contribution in [0, 0.1) is 28.8 Å². The smallest absolute Gasteiger partial charge is 0.202 e. The summed E-state index contributed by atoms with van der Waals surface area (Å²) in [6.45, 7) is 0. The number of rotatable bonds is 1. The van der Waals surface area contributed by atoms with Crippen LogP contribution >= 0.6 is 0 Å². The molecule has 0 fully saturated rings. The molecule has 2 nitrogen and oxygen atoms in total. The van der Waals surface area contributed by atoms with Gasteiger partial charge in [-0.1, -0.05) is 0 Å². The summed E-state index contributed by atoms with van der Waals surface area (Å²) in [4.78, 5) is 0. The number of nitrogens with zero attached hydrogens (tertiary/aromatic N) is 1. The van der Waals surface area contributed by atoms with Gasteiger partial charge in [-0.05, 0) is 0 Å². The second kappa shape index (κ2) is 3.35. The quantitative estimate of drug-likeness (QED) is 0.630. The second-order valence-electron chi connectivity index (χ2n) is 2.18. The van der Waals surface area contributed by atoms with Crippen molar-refractivity contribution in [3.05, 3.63) is 29.1 Å². The minimum atomic E-state index is -1.53. The van der Waals surface area contributed by atoms with E-state index < -0.39 is 28.8 Å². The Bertz CT molecular complexity index is 383. The Morgan fingerprint density at radius 2 is 1.92 bits per heavy atom. The molecule has 1 aromatic carbocycles. The molecule has 0 N–H and O–H groups in total. The highest BCUT2D eigenvalue weighted by Gasteiger charge is 2.18. The van der Waals surface area contributed by atoms with Gasteiger partial charge in [0.05, 0.1) is 7.11 Å². The first-order valence-electron chi connectivity index (χ1n) is 3.23. The molecule has 0 atom stereocenters. The average molecular weight is 187 g/mol. The first-order chi connectivity index (χ1) is 6.11. The molecule has 0 aliphatic heterocycles. The van der Waals surface area contributed by atoms with Gasteiger partial charge < -0.3 is 4.74 Å². The highest BCUT2D eigenvalue weighted by Crippen LogP contribution is 2.24. The molecule has 0 spiro atoms. The van der Waals surface area contributed by atoms with Crippen LogP contribution in [0.25, 0.3) is 0 Å². The summed E-state index contributed by atoms with van der Waals surface area (Å²) < 4.78 is 42.7. The zero-order chi connectivity index (χ0) is 10.0. The van der Waals surface area contributed by atoms with Crippen molar-refractivity contribution in [2.24, 2.45) is 0 Å². The third kappa shape index (κ3) is 1.43. The van der Waals surface area contributed by atoms with Gasteiger partial charge in [-0.2, -0.15) is 9.65 Å². The summed E-state index contributed by atoms with van der Waals surface area (Å²) in [6.07, 6.45) is 0. The van der Waals surface area contributed by atoms with Gasteiger partial charge in [0, 0.05) is 6.07 Å². The number of ether oxygens (including phenoxy) is 1. The van der Waals surface area contributed by atoms with Crippen LogP contribution in [0.15, 0.2) is 6.07 Å². The molecule has 13 heavy (non-hydrogen) atoms. The molecule has 0 bridgehead atoms. The van der Waals surface area contributed by atoms with Crippen molar-refractivity contribution in [3.63, 3.8) is 0 Å². The lowest BCUT2D eigenvalue weighted by atomic mass is 10.2. The molecule has 0 aliphatic rings. The van der Waals surface area contributed by atoms with E-state index in [1.165, 1.54) is 6.07 Å². The Balaban J connectivity index is 3.48. The fraction of sp³-hybridized carbons (Fsp3) is 0.125. The minimum absolute atomic E-state index is 0.561. The topological polar surface area (TPSA) is 33.0 Å². The Morgan fingerprint density at radius 1 is 1.31 bits per heavy atom. The molecule has 0 unspecified atom stereocenters. The van der Waals surface area contributed by atoms with Crippen molar-refractivity contribution in [2.75, 3.05) is 7.11 Å². The van der Waals surface area contributed by atoms with E-state index in [1.54, 1.807) is 0 Å². The standard InChI is InChI=1S/C8H4F3NO/c1-13-6-2-5(9)4(3-12)7(10)8(6)11/h2H,1H3. The van der Waals surface area contributed by atoms with E-state index in [9.17, 15) is 13.2 Å². The van der Waals surface area contributed by atoms with Gasteiger partial charge in [0.25, 0.3) is 0 Å². The van der Waals surface area contributed by atoms with Gasteiger partial charge >= 0.3 is 0 Å². The zero-order valence-electron chi connectivity index (χ0n) is 6.57. The summed E-state index contributed by atoms with van der Waals surface area (Å²) in [5.41, 5.74) is -0.946. The Labute approximate surface area is 72.2 Å². The van der Waals surface area contributed by atoms with Crippen LogP contribution in [-0.2, 0) is 0 Å². The molecule has 0 amide bonds. The third-order valence-corrected chi connectivity index (χ3v) is 1.46. The van der Waals surface area contributed by atoms with Crippen LogP contribution in [0.2, 0.25) is 0 Å². The Kier molecular flexibility index (Phi) is 2.42. The van der Waals surface area contributed by atoms with E-state index in [0.29, 0.717) is 6.07 Å². The summed E-state index contributed by atoms with van der Waals surface area (Å²) in [5.74, 6) is -4.59. The van der Waals surface area contributed by atoms with Gasteiger partial charge in [0.2, 0.25) is 5.82 Å². The van der Waals surface area contributed by atoms with E-state index in [-0.39, 0.29) is 0 Å². The van der Waals surface area contributed by atoms with Crippen molar-refractivity contribution in [1.82, 2.24) is 0 Å². The average Bonchev–Trinajstić information content (AvgIpc) is 2.12. The first kappa shape index (κ1) is 9.39. The van der Waals surface area contributed by atoms with Gasteiger partial charge in [0.1, 0.15) is 17.4 Å². The maximum atomic E-state index is 12.8. The van der Waals surface area contributed by atoms with Crippen LogP contribution in [0.5, 0.6) is 5.75 Å². The number of benzene rings is 1. The van der Waals surface area contributed by atoms with Crippen molar-refractivity contribution < 1.29 is 17.9 Å². The van der Waals surface area contributed by atoms with Crippen molar-refractivity contribution >= 4 is 0 Å². The van der Waals surface area contributed by atoms with Gasteiger partial charge in [-0.15, -0.1) is 0 Å². The summed E-state index contributed by atoms with van der Waals surface area (Å²) in [5, 5.41) is 8.25. The van der Waals surface area contributed by atoms with E-state index in [2.05, 4.69) is 4.74 Å². The lowest BCUT2D eigenvalue weighted by Gasteiger charge is -2.03. The lowest BCUT2D eigenvalue weighted by molar-refractivity contribution is 0.366. The fourth-order valence-electron chi connectivity index (χ4n) is 0.824. The van der Waals surface area contributed by atoms with Crippen molar-refractivity contribution in [2.45, 2.75) is 0 Å². The van der Waals surface area contributed by atoms with Crippen LogP contribution < -0.4 is 4.74 Å². The number of halogens is 3. The number of hydrogen-bond acceptors (Lipinski definition) is 2. The number of hydrogen-bond donors (Lipinski definition) is 0. The molecule has 0 aromatic heterocycles. The molecule has 0 heterocycles. The minimum Gasteiger partial charge on any atom is -0.493 e.